The number of amides is 2. The lowest BCUT2D eigenvalue weighted by Gasteiger charge is -2.10. The van der Waals surface area contributed by atoms with Crippen LogP contribution in [0.3, 0.4) is 0 Å². The van der Waals surface area contributed by atoms with Crippen molar-refractivity contribution in [2.75, 3.05) is 5.32 Å². The number of rotatable bonds is 5. The van der Waals surface area contributed by atoms with Crippen molar-refractivity contribution in [1.29, 1.82) is 0 Å². The molecule has 0 fully saturated rings. The summed E-state index contributed by atoms with van der Waals surface area (Å²) in [5, 5.41) is 5.83. The van der Waals surface area contributed by atoms with Crippen LogP contribution in [0.25, 0.3) is 11.0 Å². The van der Waals surface area contributed by atoms with Gasteiger partial charge < -0.3 is 10.6 Å². The second-order valence-electron chi connectivity index (χ2n) is 7.80. The van der Waals surface area contributed by atoms with Crippen LogP contribution < -0.4 is 10.6 Å². The van der Waals surface area contributed by atoms with Gasteiger partial charge in [0.1, 0.15) is 0 Å². The van der Waals surface area contributed by atoms with E-state index in [0.29, 0.717) is 28.9 Å². The highest BCUT2D eigenvalue weighted by atomic mass is 16.2. The number of hydrogen-bond acceptors (Lipinski definition) is 4. The molecule has 0 spiro atoms. The van der Waals surface area contributed by atoms with E-state index in [1.165, 1.54) is 0 Å². The van der Waals surface area contributed by atoms with Crippen molar-refractivity contribution in [3.05, 3.63) is 100 Å². The van der Waals surface area contributed by atoms with E-state index in [-0.39, 0.29) is 11.8 Å². The Morgan fingerprint density at radius 1 is 0.750 bits per heavy atom. The van der Waals surface area contributed by atoms with Gasteiger partial charge in [-0.2, -0.15) is 0 Å². The van der Waals surface area contributed by atoms with E-state index in [2.05, 4.69) is 20.6 Å². The highest BCUT2D eigenvalue weighted by Gasteiger charge is 2.10. The number of nitrogens with zero attached hydrogens (tertiary/aromatic N) is 2. The highest BCUT2D eigenvalue weighted by Crippen LogP contribution is 2.16. The predicted octanol–water partition coefficient (Wildman–Crippen LogP) is 4.74. The maximum Gasteiger partial charge on any atom is 0.255 e. The molecular formula is C26H24N4O2. The van der Waals surface area contributed by atoms with Crippen LogP contribution in [0.15, 0.2) is 66.7 Å². The summed E-state index contributed by atoms with van der Waals surface area (Å²) in [6.45, 7) is 6.13. The minimum absolute atomic E-state index is 0.172. The molecular weight excluding hydrogens is 400 g/mol. The minimum atomic E-state index is -0.193. The van der Waals surface area contributed by atoms with Gasteiger partial charge in [-0.1, -0.05) is 29.8 Å². The highest BCUT2D eigenvalue weighted by molar-refractivity contribution is 6.04. The van der Waals surface area contributed by atoms with E-state index in [0.717, 1.165) is 28.0 Å². The molecule has 4 rings (SSSR count). The second-order valence-corrected chi connectivity index (χ2v) is 7.80. The van der Waals surface area contributed by atoms with Crippen LogP contribution in [0.5, 0.6) is 0 Å². The molecule has 1 aromatic heterocycles. The van der Waals surface area contributed by atoms with Gasteiger partial charge in [0.2, 0.25) is 0 Å². The van der Waals surface area contributed by atoms with E-state index >= 15 is 0 Å². The average Bonchev–Trinajstić information content (AvgIpc) is 2.78. The minimum Gasteiger partial charge on any atom is -0.348 e. The number of aryl methyl sites for hydroxylation is 3. The van der Waals surface area contributed by atoms with Crippen molar-refractivity contribution in [1.82, 2.24) is 15.3 Å². The van der Waals surface area contributed by atoms with Crippen molar-refractivity contribution in [3.63, 3.8) is 0 Å². The summed E-state index contributed by atoms with van der Waals surface area (Å²) in [6.07, 6.45) is 0. The fourth-order valence-corrected chi connectivity index (χ4v) is 3.32. The average molecular weight is 425 g/mol. The van der Waals surface area contributed by atoms with Gasteiger partial charge in [-0.3, -0.25) is 9.59 Å². The van der Waals surface area contributed by atoms with Crippen LogP contribution >= 0.6 is 0 Å². The van der Waals surface area contributed by atoms with Crippen molar-refractivity contribution in [2.24, 2.45) is 0 Å². The van der Waals surface area contributed by atoms with Crippen LogP contribution in [0, 0.1) is 20.8 Å². The van der Waals surface area contributed by atoms with Gasteiger partial charge >= 0.3 is 0 Å². The summed E-state index contributed by atoms with van der Waals surface area (Å²) in [4.78, 5) is 34.1. The molecule has 6 nitrogen and oxygen atoms in total. The SMILES string of the molecule is Cc1ccc(C(=O)Nc2cccc(CNC(=O)c3ccc4nc(C)c(C)nc4c3)c2)cc1. The lowest BCUT2D eigenvalue weighted by molar-refractivity contribution is 0.0950. The number of fused-ring (bicyclic) bond motifs is 1. The smallest absolute Gasteiger partial charge is 0.255 e. The number of carbonyl (C=O) groups is 2. The van der Waals surface area contributed by atoms with Crippen molar-refractivity contribution in [2.45, 2.75) is 27.3 Å². The molecule has 2 N–H and O–H groups in total. The van der Waals surface area contributed by atoms with Crippen LogP contribution in [0.1, 0.15) is 43.2 Å². The first kappa shape index (κ1) is 21.2. The van der Waals surface area contributed by atoms with Gasteiger partial charge in [0, 0.05) is 23.4 Å². The van der Waals surface area contributed by atoms with Crippen molar-refractivity contribution in [3.8, 4) is 0 Å². The van der Waals surface area contributed by atoms with Gasteiger partial charge in [0.15, 0.2) is 0 Å². The standard InChI is InChI=1S/C26H24N4O2/c1-16-7-9-20(10-8-16)26(32)30-22-6-4-5-19(13-22)15-27-25(31)21-11-12-23-24(14-21)29-18(3)17(2)28-23/h4-14H,15H2,1-3H3,(H,27,31)(H,30,32). The quantitative estimate of drug-likeness (QED) is 0.485. The summed E-state index contributed by atoms with van der Waals surface area (Å²) >= 11 is 0. The molecule has 0 bridgehead atoms. The third-order valence-electron chi connectivity index (χ3n) is 5.29. The zero-order chi connectivity index (χ0) is 22.7. The Bertz CT molecular complexity index is 1310. The van der Waals surface area contributed by atoms with E-state index in [1.54, 1.807) is 24.3 Å². The maximum atomic E-state index is 12.7. The molecule has 0 aliphatic heterocycles. The van der Waals surface area contributed by atoms with E-state index in [9.17, 15) is 9.59 Å². The number of benzene rings is 3. The monoisotopic (exact) mass is 424 g/mol. The molecule has 0 radical (unpaired) electrons. The first-order valence-corrected chi connectivity index (χ1v) is 10.4. The number of aromatic nitrogens is 2. The zero-order valence-corrected chi connectivity index (χ0v) is 18.3. The first-order chi connectivity index (χ1) is 15.4. The normalized spacial score (nSPS) is 10.7. The summed E-state index contributed by atoms with van der Waals surface area (Å²) in [5.41, 5.74) is 6.97. The lowest BCUT2D eigenvalue weighted by Crippen LogP contribution is -2.23. The number of carbonyl (C=O) groups excluding carboxylic acids is 2. The Labute approximate surface area is 186 Å². The van der Waals surface area contributed by atoms with E-state index in [4.69, 9.17) is 0 Å². The first-order valence-electron chi connectivity index (χ1n) is 10.4. The van der Waals surface area contributed by atoms with Crippen molar-refractivity contribution < 1.29 is 9.59 Å². The van der Waals surface area contributed by atoms with Crippen LogP contribution in [0.4, 0.5) is 5.69 Å². The third-order valence-corrected chi connectivity index (χ3v) is 5.29. The molecule has 0 unspecified atom stereocenters. The van der Waals surface area contributed by atoms with Gasteiger partial charge in [0.25, 0.3) is 11.8 Å². The molecule has 1 heterocycles. The van der Waals surface area contributed by atoms with Crippen molar-refractivity contribution >= 4 is 28.5 Å². The van der Waals surface area contributed by atoms with Gasteiger partial charge in [0.05, 0.1) is 22.4 Å². The van der Waals surface area contributed by atoms with E-state index < -0.39 is 0 Å². The molecule has 32 heavy (non-hydrogen) atoms. The topological polar surface area (TPSA) is 84.0 Å². The lowest BCUT2D eigenvalue weighted by atomic mass is 10.1. The fourth-order valence-electron chi connectivity index (χ4n) is 3.32. The zero-order valence-electron chi connectivity index (χ0n) is 18.3. The largest absolute Gasteiger partial charge is 0.348 e. The Balaban J connectivity index is 1.42. The molecule has 0 aliphatic carbocycles. The molecule has 6 heteroatoms. The fraction of sp³-hybridized carbons (Fsp3) is 0.154. The Kier molecular flexibility index (Phi) is 5.94. The maximum absolute atomic E-state index is 12.7. The Morgan fingerprint density at radius 2 is 1.44 bits per heavy atom. The predicted molar refractivity (Wildman–Crippen MR) is 126 cm³/mol. The Morgan fingerprint density at radius 3 is 2.19 bits per heavy atom. The molecule has 0 atom stereocenters. The van der Waals surface area contributed by atoms with Crippen LogP contribution in [0.2, 0.25) is 0 Å². The van der Waals surface area contributed by atoms with Crippen LogP contribution in [-0.2, 0) is 6.54 Å². The van der Waals surface area contributed by atoms with Gasteiger partial charge in [-0.25, -0.2) is 9.97 Å². The number of hydrogen-bond donors (Lipinski definition) is 2. The molecule has 0 saturated heterocycles. The van der Waals surface area contributed by atoms with Gasteiger partial charge in [-0.15, -0.1) is 0 Å². The molecule has 160 valence electrons. The molecule has 3 aromatic carbocycles. The number of nitrogens with one attached hydrogen (secondary N) is 2. The molecule has 0 aliphatic rings. The summed E-state index contributed by atoms with van der Waals surface area (Å²) in [5.74, 6) is -0.366. The number of anilines is 1. The van der Waals surface area contributed by atoms with Crippen LogP contribution in [-0.4, -0.2) is 21.8 Å². The molecule has 0 saturated carbocycles. The summed E-state index contributed by atoms with van der Waals surface area (Å²) < 4.78 is 0. The Hall–Kier alpha value is -4.06. The second kappa shape index (κ2) is 8.98. The molecule has 2 amide bonds. The summed E-state index contributed by atoms with van der Waals surface area (Å²) in [7, 11) is 0. The summed E-state index contributed by atoms with van der Waals surface area (Å²) in [6, 6.07) is 20.1. The van der Waals surface area contributed by atoms with Gasteiger partial charge in [-0.05, 0) is 68.8 Å². The molecule has 4 aromatic rings. The van der Waals surface area contributed by atoms with E-state index in [1.807, 2.05) is 63.2 Å². The third kappa shape index (κ3) is 4.81.